The number of carbonyl (C=O) groups is 3. The van der Waals surface area contributed by atoms with Crippen LogP contribution in [0.2, 0.25) is 0 Å². The summed E-state index contributed by atoms with van der Waals surface area (Å²) in [6.07, 6.45) is 1.37. The molecule has 0 bridgehead atoms. The van der Waals surface area contributed by atoms with Crippen molar-refractivity contribution in [1.29, 1.82) is 0 Å². The monoisotopic (exact) mass is 478 g/mol. The molecule has 2 aromatic carbocycles. The van der Waals surface area contributed by atoms with Gasteiger partial charge < -0.3 is 20.5 Å². The lowest BCUT2D eigenvalue weighted by Gasteiger charge is -2.27. The summed E-state index contributed by atoms with van der Waals surface area (Å²) in [5, 5.41) is 14.9. The molecule has 4 rings (SSSR count). The first kappa shape index (κ1) is 24.8. The molecular formula is C28H34N2O5. The maximum absolute atomic E-state index is 13.0. The Morgan fingerprint density at radius 1 is 1.00 bits per heavy atom. The molecule has 1 fully saturated rings. The molecule has 0 radical (unpaired) electrons. The largest absolute Gasteiger partial charge is 0.481 e. The number of carboxylic acid groups (broad SMARTS) is 1. The van der Waals surface area contributed by atoms with E-state index in [-0.39, 0.29) is 29.9 Å². The average Bonchev–Trinajstić information content (AvgIpc) is 3.39. The predicted octanol–water partition coefficient (Wildman–Crippen LogP) is 4.70. The number of ether oxygens (including phenoxy) is 1. The fraction of sp³-hybridized carbons (Fsp3) is 0.464. The Kier molecular flexibility index (Phi) is 7.15. The van der Waals surface area contributed by atoms with Gasteiger partial charge in [0.15, 0.2) is 0 Å². The highest BCUT2D eigenvalue weighted by molar-refractivity contribution is 5.86. The van der Waals surface area contributed by atoms with Gasteiger partial charge in [-0.25, -0.2) is 4.79 Å². The Hall–Kier alpha value is -3.35. The second kappa shape index (κ2) is 10.1. The maximum Gasteiger partial charge on any atom is 0.407 e. The Morgan fingerprint density at radius 3 is 2.14 bits per heavy atom. The van der Waals surface area contributed by atoms with Gasteiger partial charge in [-0.2, -0.15) is 0 Å². The Balaban J connectivity index is 1.39. The van der Waals surface area contributed by atoms with Crippen molar-refractivity contribution in [2.45, 2.75) is 64.5 Å². The number of nitrogens with one attached hydrogen (secondary N) is 2. The van der Waals surface area contributed by atoms with Crippen molar-refractivity contribution < 1.29 is 24.2 Å². The molecule has 0 aliphatic heterocycles. The van der Waals surface area contributed by atoms with E-state index in [4.69, 9.17) is 4.74 Å². The standard InChI is InChI=1S/C28H34N2O5/c1-28(2,3)15-24(25(31)29-18-13-12-17(14-18)26(32)33)30-27(34)35-16-23-21-10-6-4-8-19(21)20-9-5-7-11-22(20)23/h4-11,17-18,23-24H,12-16H2,1-3H3,(H,29,31)(H,30,34)(H,32,33). The molecule has 35 heavy (non-hydrogen) atoms. The number of rotatable bonds is 7. The van der Waals surface area contributed by atoms with Crippen LogP contribution in [0.15, 0.2) is 48.5 Å². The van der Waals surface area contributed by atoms with Gasteiger partial charge >= 0.3 is 12.1 Å². The topological polar surface area (TPSA) is 105 Å². The molecule has 2 amide bonds. The average molecular weight is 479 g/mol. The third kappa shape index (κ3) is 5.84. The lowest BCUT2D eigenvalue weighted by Crippen LogP contribution is -2.50. The molecule has 0 saturated heterocycles. The summed E-state index contributed by atoms with van der Waals surface area (Å²) in [5.74, 6) is -1.62. The second-order valence-electron chi connectivity index (χ2n) is 10.8. The Bertz CT molecular complexity index is 1060. The highest BCUT2D eigenvalue weighted by Crippen LogP contribution is 2.44. The van der Waals surface area contributed by atoms with Crippen molar-refractivity contribution in [3.8, 4) is 11.1 Å². The van der Waals surface area contributed by atoms with E-state index in [0.29, 0.717) is 25.7 Å². The molecule has 3 unspecified atom stereocenters. The third-order valence-corrected chi connectivity index (χ3v) is 6.90. The minimum atomic E-state index is -0.829. The van der Waals surface area contributed by atoms with Gasteiger partial charge in [-0.1, -0.05) is 69.3 Å². The number of fused-ring (bicyclic) bond motifs is 3. The summed E-state index contributed by atoms with van der Waals surface area (Å²) in [6, 6.07) is 15.3. The first-order valence-corrected chi connectivity index (χ1v) is 12.3. The van der Waals surface area contributed by atoms with E-state index in [1.165, 1.54) is 0 Å². The quantitative estimate of drug-likeness (QED) is 0.535. The van der Waals surface area contributed by atoms with Crippen molar-refractivity contribution in [3.05, 3.63) is 59.7 Å². The van der Waals surface area contributed by atoms with E-state index < -0.39 is 24.0 Å². The maximum atomic E-state index is 13.0. The molecule has 1 saturated carbocycles. The van der Waals surface area contributed by atoms with Crippen molar-refractivity contribution in [2.24, 2.45) is 11.3 Å². The van der Waals surface area contributed by atoms with Gasteiger partial charge in [-0.15, -0.1) is 0 Å². The fourth-order valence-corrected chi connectivity index (χ4v) is 5.24. The summed E-state index contributed by atoms with van der Waals surface area (Å²) in [6.45, 7) is 6.18. The van der Waals surface area contributed by atoms with E-state index in [1.807, 2.05) is 45.0 Å². The number of alkyl carbamates (subject to hydrolysis) is 1. The molecule has 7 nitrogen and oxygen atoms in total. The van der Waals surface area contributed by atoms with Crippen LogP contribution in [0, 0.1) is 11.3 Å². The van der Waals surface area contributed by atoms with E-state index >= 15 is 0 Å². The number of aliphatic carboxylic acids is 1. The van der Waals surface area contributed by atoms with E-state index in [0.717, 1.165) is 22.3 Å². The number of hydrogen-bond donors (Lipinski definition) is 3. The molecule has 2 aliphatic rings. The first-order chi connectivity index (χ1) is 16.6. The van der Waals surface area contributed by atoms with Crippen LogP contribution in [0.1, 0.15) is 63.5 Å². The summed E-state index contributed by atoms with van der Waals surface area (Å²) in [5.41, 5.74) is 4.34. The zero-order valence-corrected chi connectivity index (χ0v) is 20.5. The van der Waals surface area contributed by atoms with Crippen molar-refractivity contribution in [1.82, 2.24) is 10.6 Å². The van der Waals surface area contributed by atoms with Crippen LogP contribution in [0.25, 0.3) is 11.1 Å². The summed E-state index contributed by atoms with van der Waals surface area (Å²) in [4.78, 5) is 37.1. The molecule has 0 spiro atoms. The Morgan fingerprint density at radius 2 is 1.60 bits per heavy atom. The van der Waals surface area contributed by atoms with Crippen LogP contribution in [-0.2, 0) is 14.3 Å². The van der Waals surface area contributed by atoms with Gasteiger partial charge in [0.2, 0.25) is 5.91 Å². The zero-order valence-electron chi connectivity index (χ0n) is 20.5. The first-order valence-electron chi connectivity index (χ1n) is 12.3. The van der Waals surface area contributed by atoms with Gasteiger partial charge in [0.05, 0.1) is 5.92 Å². The highest BCUT2D eigenvalue weighted by atomic mass is 16.5. The van der Waals surface area contributed by atoms with Gasteiger partial charge in [-0.3, -0.25) is 9.59 Å². The van der Waals surface area contributed by atoms with Crippen LogP contribution in [0.3, 0.4) is 0 Å². The van der Waals surface area contributed by atoms with Gasteiger partial charge in [0.25, 0.3) is 0 Å². The second-order valence-corrected chi connectivity index (χ2v) is 10.8. The number of carbonyl (C=O) groups excluding carboxylic acids is 2. The van der Waals surface area contributed by atoms with E-state index in [9.17, 15) is 19.5 Å². The van der Waals surface area contributed by atoms with Crippen LogP contribution in [0.5, 0.6) is 0 Å². The molecule has 2 aromatic rings. The molecule has 3 atom stereocenters. The molecule has 3 N–H and O–H groups in total. The van der Waals surface area contributed by atoms with Crippen molar-refractivity contribution in [2.75, 3.05) is 6.61 Å². The van der Waals surface area contributed by atoms with Gasteiger partial charge in [-0.05, 0) is 53.4 Å². The molecule has 0 heterocycles. The third-order valence-electron chi connectivity index (χ3n) is 6.90. The van der Waals surface area contributed by atoms with Crippen molar-refractivity contribution >= 4 is 18.0 Å². The van der Waals surface area contributed by atoms with Gasteiger partial charge in [0, 0.05) is 12.0 Å². The molecular weight excluding hydrogens is 444 g/mol. The number of hydrogen-bond acceptors (Lipinski definition) is 4. The van der Waals surface area contributed by atoms with E-state index in [1.54, 1.807) is 0 Å². The molecule has 2 aliphatic carbocycles. The molecule has 0 aromatic heterocycles. The smallest absolute Gasteiger partial charge is 0.407 e. The van der Waals surface area contributed by atoms with Gasteiger partial charge in [0.1, 0.15) is 12.6 Å². The normalized spacial score (nSPS) is 20.0. The summed E-state index contributed by atoms with van der Waals surface area (Å²) >= 11 is 0. The predicted molar refractivity (Wildman–Crippen MR) is 133 cm³/mol. The Labute approximate surface area is 206 Å². The van der Waals surface area contributed by atoms with Crippen LogP contribution >= 0.6 is 0 Å². The number of benzene rings is 2. The lowest BCUT2D eigenvalue weighted by atomic mass is 9.87. The highest BCUT2D eigenvalue weighted by Gasteiger charge is 2.34. The molecule has 186 valence electrons. The minimum Gasteiger partial charge on any atom is -0.481 e. The van der Waals surface area contributed by atoms with E-state index in [2.05, 4.69) is 34.9 Å². The molecule has 7 heteroatoms. The summed E-state index contributed by atoms with van der Waals surface area (Å²) in [7, 11) is 0. The van der Waals surface area contributed by atoms with Crippen molar-refractivity contribution in [3.63, 3.8) is 0 Å². The fourth-order valence-electron chi connectivity index (χ4n) is 5.24. The van der Waals surface area contributed by atoms with Crippen LogP contribution in [-0.4, -0.2) is 41.8 Å². The van der Waals surface area contributed by atoms with Crippen LogP contribution in [0.4, 0.5) is 4.79 Å². The number of amides is 2. The summed E-state index contributed by atoms with van der Waals surface area (Å²) < 4.78 is 5.65. The van der Waals surface area contributed by atoms with Crippen LogP contribution < -0.4 is 10.6 Å². The minimum absolute atomic E-state index is 0.0607. The zero-order chi connectivity index (χ0) is 25.2. The number of carboxylic acids is 1. The SMILES string of the molecule is CC(C)(C)CC(NC(=O)OCC1c2ccccc2-c2ccccc21)C(=O)NC1CCC(C(=O)O)C1. The lowest BCUT2D eigenvalue weighted by molar-refractivity contribution is -0.141.